The molecular weight excluding hydrogens is 1610 g/mol. The highest BCUT2D eigenvalue weighted by Gasteiger charge is 2.48. The summed E-state index contributed by atoms with van der Waals surface area (Å²) in [5.74, 6) is 0. The second-order valence-corrected chi connectivity index (χ2v) is 51.9. The summed E-state index contributed by atoms with van der Waals surface area (Å²) in [5.41, 5.74) is 3.24. The Bertz CT molecular complexity index is 7990. The van der Waals surface area contributed by atoms with Crippen molar-refractivity contribution in [3.05, 3.63) is 308 Å². The molecule has 1 aromatic heterocycles. The highest BCUT2D eigenvalue weighted by atomic mass is 15.2. The first-order chi connectivity index (χ1) is 69.2. The molecule has 0 amide bonds. The van der Waals surface area contributed by atoms with Gasteiger partial charge >= 0.3 is 0 Å². The summed E-state index contributed by atoms with van der Waals surface area (Å²) in [6.07, 6.45) is 0. The second-order valence-electron chi connectivity index (χ2n) is 51.9. The Morgan fingerprint density at radius 2 is 0.567 bits per heavy atom. The molecule has 13 aromatic carbocycles. The Balaban J connectivity index is 1.31. The van der Waals surface area contributed by atoms with Crippen LogP contribution >= 0.6 is 0 Å². The van der Waals surface area contributed by atoms with Gasteiger partial charge < -0.3 is 14.4 Å². The van der Waals surface area contributed by atoms with Crippen molar-refractivity contribution in [2.24, 2.45) is 0 Å². The lowest BCUT2D eigenvalue weighted by molar-refractivity contribution is 0.568. The molecule has 3 heterocycles. The van der Waals surface area contributed by atoms with Crippen LogP contribution in [0.5, 0.6) is 0 Å². The van der Waals surface area contributed by atoms with Crippen LogP contribution in [0.15, 0.2) is 236 Å². The average molecular weight is 1790 g/mol. The maximum absolute atomic E-state index is 12.0. The molecule has 0 fully saturated rings. The molecule has 2 aliphatic heterocycles. The quantitative estimate of drug-likeness (QED) is 0.133. The summed E-state index contributed by atoms with van der Waals surface area (Å²) < 4.78 is 203. The molecule has 0 spiro atoms. The Morgan fingerprint density at radius 3 is 0.955 bits per heavy atom. The third-order valence-corrected chi connectivity index (χ3v) is 27.1. The first-order valence-electron chi connectivity index (χ1n) is 57.5. The minimum atomic E-state index is -1.23. The third-order valence-electron chi connectivity index (χ3n) is 27.1. The van der Waals surface area contributed by atoms with Crippen molar-refractivity contribution in [2.45, 2.75) is 340 Å². The summed E-state index contributed by atoms with van der Waals surface area (Å²) in [7, 11) is 0. The molecule has 694 valence electrons. The van der Waals surface area contributed by atoms with E-state index in [9.17, 15) is 24.7 Å². The van der Waals surface area contributed by atoms with Gasteiger partial charge in [-0.05, 0) is 282 Å². The summed E-state index contributed by atoms with van der Waals surface area (Å²) >= 11 is 0. The van der Waals surface area contributed by atoms with E-state index in [-0.39, 0.29) is 196 Å². The number of nitrogens with zero attached hydrogens (tertiary/aromatic N) is 3. The lowest BCUT2D eigenvalue weighted by atomic mass is 9.33. The fourth-order valence-corrected chi connectivity index (χ4v) is 18.7. The molecule has 14 aromatic rings. The molecule has 0 saturated heterocycles. The van der Waals surface area contributed by atoms with Crippen molar-refractivity contribution in [3.8, 4) is 72.4 Å². The average Bonchev–Trinajstić information content (AvgIpc) is 0.771. The van der Waals surface area contributed by atoms with Gasteiger partial charge in [-0.2, -0.15) is 0 Å². The van der Waals surface area contributed by atoms with Crippen molar-refractivity contribution in [2.75, 3.05) is 9.80 Å². The molecule has 0 bridgehead atoms. The standard InChI is InChI=1S/C130H156BN3/c1-118(2,3)85-48-43-79(44-49-85)99-72-94(127(28,29)30)74-103(97-57-52-90(123(16,17)18)76-105(97)129(34,35)36)116(99)133-111-60-47-82(83-64-92(125(22,23)24)69-93(65-83)126(25,26)27)66-108(111)131-107-59-56-96(132-109-61-54-88(121(10,11)12)70-101(109)102-71-89(122(13,14)15)55-62-110(102)132)78-112(107)134(114-68-84(67-113(133)115(114)131)81-41-40-42-87(63-81)120(7,8)9)117-100(80-45-50-86(51-46-80)119(4,5)6)73-95(128(31,32)33)75-104(117)98-58-53-91(124(19,20)21)77-106(98)130(37,38)39/h40-78H,1-39H3/i43D,44D,45D,46D,48D,49D,50D,51D,52D,53D,57D,58D,72D,73D,74D,75D,76D,77D. The van der Waals surface area contributed by atoms with E-state index in [2.05, 4.69) is 224 Å². The van der Waals surface area contributed by atoms with Gasteiger partial charge in [0.1, 0.15) is 0 Å². The highest BCUT2D eigenvalue weighted by Crippen LogP contribution is 2.59. The number of rotatable bonds is 9. The van der Waals surface area contributed by atoms with E-state index in [1.165, 1.54) is 0 Å². The summed E-state index contributed by atoms with van der Waals surface area (Å²) in [4.78, 5) is 4.01. The van der Waals surface area contributed by atoms with E-state index in [0.717, 1.165) is 60.8 Å². The Kier molecular flexibility index (Phi) is 18.3. The van der Waals surface area contributed by atoms with Gasteiger partial charge in [0.05, 0.1) is 47.1 Å². The topological polar surface area (TPSA) is 11.4 Å². The van der Waals surface area contributed by atoms with Crippen LogP contribution in [0.25, 0.3) is 94.3 Å². The largest absolute Gasteiger partial charge is 0.310 e. The molecule has 2 aliphatic rings. The Labute approximate surface area is 834 Å². The van der Waals surface area contributed by atoms with Crippen LogP contribution in [0, 0.1) is 0 Å². The summed E-state index contributed by atoms with van der Waals surface area (Å²) in [5, 5.41) is 1.96. The fourth-order valence-electron chi connectivity index (χ4n) is 18.7. The zero-order chi connectivity index (χ0) is 114. The minimum Gasteiger partial charge on any atom is -0.310 e. The van der Waals surface area contributed by atoms with Gasteiger partial charge in [-0.3, -0.25) is 0 Å². The molecule has 0 N–H and O–H groups in total. The highest BCUT2D eigenvalue weighted by molar-refractivity contribution is 7.00. The van der Waals surface area contributed by atoms with Gasteiger partial charge in [0, 0.05) is 61.5 Å². The van der Waals surface area contributed by atoms with E-state index in [0.29, 0.717) is 56.0 Å². The van der Waals surface area contributed by atoms with Gasteiger partial charge in [-0.1, -0.05) is 427 Å². The van der Waals surface area contributed by atoms with E-state index in [4.69, 9.17) is 0 Å². The fraction of sp³-hybridized carbons (Fsp3) is 0.400. The van der Waals surface area contributed by atoms with Crippen LogP contribution in [0.3, 0.4) is 0 Å². The predicted octanol–water partition coefficient (Wildman–Crippen LogP) is 35.7. The van der Waals surface area contributed by atoms with Crippen LogP contribution in [0.4, 0.5) is 34.1 Å². The first kappa shape index (κ1) is 75.5. The first-order valence-corrected chi connectivity index (χ1v) is 48.5. The van der Waals surface area contributed by atoms with E-state index in [1.54, 1.807) is 0 Å². The molecule has 16 rings (SSSR count). The van der Waals surface area contributed by atoms with Crippen LogP contribution in [0.1, 0.15) is 367 Å². The molecule has 0 aliphatic carbocycles. The number of benzene rings is 13. The van der Waals surface area contributed by atoms with E-state index in [1.807, 2.05) is 188 Å². The third kappa shape index (κ3) is 18.1. The maximum Gasteiger partial charge on any atom is 0.252 e. The monoisotopic (exact) mass is 1790 g/mol. The molecule has 0 saturated carbocycles. The lowest BCUT2D eigenvalue weighted by Crippen LogP contribution is -2.61. The van der Waals surface area contributed by atoms with E-state index >= 15 is 0 Å². The van der Waals surface area contributed by atoms with Crippen molar-refractivity contribution < 1.29 is 24.7 Å². The summed E-state index contributed by atoms with van der Waals surface area (Å²) in [6.45, 7) is 77.4. The molecular formula is C130H156BN3. The van der Waals surface area contributed by atoms with Crippen LogP contribution in [0.2, 0.25) is 0 Å². The Morgan fingerprint density at radius 1 is 0.216 bits per heavy atom. The number of aromatic nitrogens is 1. The SMILES string of the molecule is [2H]c1c([2H])c(C(C)(C)C)c([2H])c([2H])c1-c1c([2H])c(C(C)(C)C)c([2H])c(-c2c([2H])c([2H])c(C(C)(C)C)c([2H])c2C(C)(C)C)c1N1c2ccc(-c3cc(C(C)(C)C)cc(C(C)(C)C)c3)cc2B2c3ccc(-n4c5ccc(C(C)(C)C)cc5c5cc(C(C)(C)C)ccc54)cc3N(c3c(-c4c([2H])c([2H])c(C(C)(C)C)c([2H])c4[2H])c([2H])c(C(C)(C)C)c([2H])c3-c3c([2H])c([2H])c(C(C)(C)C)c([2H])c3C(C)(C)C)c3cc(-c4cccc(C(C)(C)C)c4)cc1c32. The number of anilines is 6. The van der Waals surface area contributed by atoms with Crippen LogP contribution in [-0.2, 0) is 70.4 Å². The van der Waals surface area contributed by atoms with Crippen molar-refractivity contribution in [3.63, 3.8) is 0 Å². The van der Waals surface area contributed by atoms with E-state index < -0.39 is 90.4 Å². The lowest BCUT2D eigenvalue weighted by Gasteiger charge is -2.46. The van der Waals surface area contributed by atoms with Crippen molar-refractivity contribution >= 4 is 79.0 Å². The molecule has 3 nitrogen and oxygen atoms in total. The Hall–Kier alpha value is -10.7. The zero-order valence-corrected chi connectivity index (χ0v) is 88.0. The molecule has 134 heavy (non-hydrogen) atoms. The molecule has 0 radical (unpaired) electrons. The smallest absolute Gasteiger partial charge is 0.252 e. The maximum atomic E-state index is 12.0. The van der Waals surface area contributed by atoms with Gasteiger partial charge in [0.15, 0.2) is 0 Å². The van der Waals surface area contributed by atoms with Crippen LogP contribution in [-0.4, -0.2) is 11.3 Å². The van der Waals surface area contributed by atoms with Crippen molar-refractivity contribution in [1.29, 1.82) is 0 Å². The van der Waals surface area contributed by atoms with Crippen molar-refractivity contribution in [1.82, 2.24) is 4.57 Å². The molecule has 0 atom stereocenters. The minimum absolute atomic E-state index is 0.00281. The predicted molar refractivity (Wildman–Crippen MR) is 591 cm³/mol. The normalized spacial score (nSPS) is 15.9. The summed E-state index contributed by atoms with van der Waals surface area (Å²) in [6, 6.07) is 39.2. The number of hydrogen-bond donors (Lipinski definition) is 0. The van der Waals surface area contributed by atoms with Gasteiger partial charge in [-0.25, -0.2) is 0 Å². The number of hydrogen-bond acceptors (Lipinski definition) is 2. The number of fused-ring (bicyclic) bond motifs is 7. The van der Waals surface area contributed by atoms with Gasteiger partial charge in [0.2, 0.25) is 0 Å². The molecule has 4 heteroatoms. The van der Waals surface area contributed by atoms with Gasteiger partial charge in [0.25, 0.3) is 6.71 Å². The second kappa shape index (κ2) is 32.5. The zero-order valence-electron chi connectivity index (χ0n) is 106. The van der Waals surface area contributed by atoms with Gasteiger partial charge in [-0.15, -0.1) is 0 Å². The molecule has 0 unspecified atom stereocenters. The van der Waals surface area contributed by atoms with Crippen LogP contribution < -0.4 is 26.2 Å².